The average Bonchev–Trinajstić information content (AvgIpc) is 3.04. The number of aliphatic hydroxyl groups is 1. The van der Waals surface area contributed by atoms with E-state index in [1.807, 2.05) is 35.7 Å². The summed E-state index contributed by atoms with van der Waals surface area (Å²) in [5.74, 6) is -1.54. The molecule has 0 saturated carbocycles. The number of anilines is 1. The van der Waals surface area contributed by atoms with Crippen molar-refractivity contribution in [2.75, 3.05) is 11.9 Å². The number of benzene rings is 2. The fourth-order valence-corrected chi connectivity index (χ4v) is 3.35. The molecule has 5 nitrogen and oxygen atoms in total. The summed E-state index contributed by atoms with van der Waals surface area (Å²) in [6.07, 6.45) is -0.866. The summed E-state index contributed by atoms with van der Waals surface area (Å²) in [5.41, 5.74) is 1.29. The Morgan fingerprint density at radius 3 is 2.50 bits per heavy atom. The van der Waals surface area contributed by atoms with Crippen molar-refractivity contribution in [2.24, 2.45) is 0 Å². The van der Waals surface area contributed by atoms with E-state index in [1.165, 1.54) is 11.3 Å². The summed E-state index contributed by atoms with van der Waals surface area (Å²) in [6.45, 7) is -0.0260. The van der Waals surface area contributed by atoms with Gasteiger partial charge in [-0.1, -0.05) is 36.4 Å². The number of hydrogen-bond donors (Lipinski definition) is 3. The van der Waals surface area contributed by atoms with Crippen LogP contribution in [0, 0.1) is 0 Å². The predicted molar refractivity (Wildman–Crippen MR) is 94.9 cm³/mol. The Kier molecular flexibility index (Phi) is 4.88. The highest BCUT2D eigenvalue weighted by molar-refractivity contribution is 7.17. The SMILES string of the molecule is O=C(NCC(O)c1csc2ccccc12)C(=O)Nc1ccccc1. The molecule has 0 aliphatic rings. The third-order valence-corrected chi connectivity index (χ3v) is 4.55. The molecule has 3 N–H and O–H groups in total. The summed E-state index contributed by atoms with van der Waals surface area (Å²) in [7, 11) is 0. The van der Waals surface area contributed by atoms with Gasteiger partial charge >= 0.3 is 11.8 Å². The van der Waals surface area contributed by atoms with Crippen LogP contribution in [0.2, 0.25) is 0 Å². The summed E-state index contributed by atoms with van der Waals surface area (Å²) in [6, 6.07) is 16.5. The summed E-state index contributed by atoms with van der Waals surface area (Å²) in [5, 5.41) is 18.1. The lowest BCUT2D eigenvalue weighted by molar-refractivity contribution is -0.136. The zero-order valence-corrected chi connectivity index (χ0v) is 13.5. The van der Waals surface area contributed by atoms with Crippen LogP contribution in [-0.4, -0.2) is 23.5 Å². The number of carbonyl (C=O) groups excluding carboxylic acids is 2. The van der Waals surface area contributed by atoms with E-state index >= 15 is 0 Å². The number of thiophene rings is 1. The molecule has 0 fully saturated rings. The molecular formula is C18H16N2O3S. The first kappa shape index (κ1) is 16.2. The minimum Gasteiger partial charge on any atom is -0.387 e. The number of hydrogen-bond acceptors (Lipinski definition) is 4. The number of aliphatic hydroxyl groups excluding tert-OH is 1. The van der Waals surface area contributed by atoms with Gasteiger partial charge in [0.05, 0.1) is 6.10 Å². The van der Waals surface area contributed by atoms with Crippen LogP contribution in [0.1, 0.15) is 11.7 Å². The van der Waals surface area contributed by atoms with E-state index in [0.717, 1.165) is 15.6 Å². The first-order chi connectivity index (χ1) is 11.6. The molecule has 1 atom stereocenters. The number of fused-ring (bicyclic) bond motifs is 1. The molecule has 0 spiro atoms. The smallest absolute Gasteiger partial charge is 0.313 e. The second-order valence-electron chi connectivity index (χ2n) is 5.23. The van der Waals surface area contributed by atoms with E-state index in [1.54, 1.807) is 24.3 Å². The van der Waals surface area contributed by atoms with Gasteiger partial charge in [0.15, 0.2) is 0 Å². The number of rotatable bonds is 4. The second-order valence-corrected chi connectivity index (χ2v) is 6.14. The Labute approximate surface area is 142 Å². The van der Waals surface area contributed by atoms with Crippen molar-refractivity contribution in [3.8, 4) is 0 Å². The van der Waals surface area contributed by atoms with Gasteiger partial charge in [0.2, 0.25) is 0 Å². The van der Waals surface area contributed by atoms with Gasteiger partial charge in [-0.2, -0.15) is 0 Å². The zero-order chi connectivity index (χ0) is 16.9. The Balaban J connectivity index is 1.58. The fraction of sp³-hybridized carbons (Fsp3) is 0.111. The minimum absolute atomic E-state index is 0.0260. The normalized spacial score (nSPS) is 11.9. The molecule has 24 heavy (non-hydrogen) atoms. The van der Waals surface area contributed by atoms with E-state index in [2.05, 4.69) is 10.6 Å². The van der Waals surface area contributed by atoms with Crippen molar-refractivity contribution in [2.45, 2.75) is 6.10 Å². The monoisotopic (exact) mass is 340 g/mol. The molecule has 2 amide bonds. The van der Waals surface area contributed by atoms with Gasteiger partial charge in [0.25, 0.3) is 0 Å². The van der Waals surface area contributed by atoms with E-state index in [-0.39, 0.29) is 6.54 Å². The van der Waals surface area contributed by atoms with Crippen LogP contribution in [0.15, 0.2) is 60.0 Å². The molecule has 0 radical (unpaired) electrons. The molecule has 0 saturated heterocycles. The highest BCUT2D eigenvalue weighted by Gasteiger charge is 2.17. The van der Waals surface area contributed by atoms with Crippen LogP contribution in [-0.2, 0) is 9.59 Å². The first-order valence-corrected chi connectivity index (χ1v) is 8.31. The average molecular weight is 340 g/mol. The molecule has 2 aromatic carbocycles. The quantitative estimate of drug-likeness (QED) is 0.639. The lowest BCUT2D eigenvalue weighted by Crippen LogP contribution is -2.37. The molecular weight excluding hydrogens is 324 g/mol. The van der Waals surface area contributed by atoms with E-state index in [9.17, 15) is 14.7 Å². The van der Waals surface area contributed by atoms with Crippen LogP contribution in [0.5, 0.6) is 0 Å². The topological polar surface area (TPSA) is 78.4 Å². The second kappa shape index (κ2) is 7.25. The molecule has 3 aromatic rings. The van der Waals surface area contributed by atoms with E-state index < -0.39 is 17.9 Å². The van der Waals surface area contributed by atoms with Crippen LogP contribution in [0.25, 0.3) is 10.1 Å². The molecule has 0 aliphatic carbocycles. The van der Waals surface area contributed by atoms with Crippen molar-refractivity contribution in [1.82, 2.24) is 5.32 Å². The maximum atomic E-state index is 11.9. The van der Waals surface area contributed by atoms with Crippen molar-refractivity contribution in [3.63, 3.8) is 0 Å². The molecule has 3 rings (SSSR count). The summed E-state index contributed by atoms with van der Waals surface area (Å²) in [4.78, 5) is 23.7. The van der Waals surface area contributed by atoms with Crippen LogP contribution in [0.4, 0.5) is 5.69 Å². The minimum atomic E-state index is -0.866. The molecule has 0 bridgehead atoms. The molecule has 6 heteroatoms. The van der Waals surface area contributed by atoms with Crippen molar-refractivity contribution in [3.05, 3.63) is 65.5 Å². The largest absolute Gasteiger partial charge is 0.387 e. The van der Waals surface area contributed by atoms with Gasteiger partial charge in [-0.3, -0.25) is 9.59 Å². The van der Waals surface area contributed by atoms with Crippen molar-refractivity contribution in [1.29, 1.82) is 0 Å². The van der Waals surface area contributed by atoms with Gasteiger partial charge in [0, 0.05) is 22.5 Å². The van der Waals surface area contributed by atoms with Crippen LogP contribution < -0.4 is 10.6 Å². The maximum absolute atomic E-state index is 11.9. The summed E-state index contributed by atoms with van der Waals surface area (Å²) >= 11 is 1.53. The standard InChI is InChI=1S/C18H16N2O3S/c21-15(14-11-24-16-9-5-4-8-13(14)16)10-19-17(22)18(23)20-12-6-2-1-3-7-12/h1-9,11,15,21H,10H2,(H,19,22)(H,20,23). The molecule has 1 heterocycles. The van der Waals surface area contributed by atoms with E-state index in [0.29, 0.717) is 5.69 Å². The number of para-hydroxylation sites is 1. The van der Waals surface area contributed by atoms with E-state index in [4.69, 9.17) is 0 Å². The molecule has 1 aromatic heterocycles. The lowest BCUT2D eigenvalue weighted by atomic mass is 10.1. The molecule has 122 valence electrons. The van der Waals surface area contributed by atoms with Gasteiger partial charge in [-0.15, -0.1) is 11.3 Å². The van der Waals surface area contributed by atoms with Gasteiger partial charge in [0.1, 0.15) is 0 Å². The Bertz CT molecular complexity index is 861. The Hall–Kier alpha value is -2.70. The molecule has 1 unspecified atom stereocenters. The number of carbonyl (C=O) groups is 2. The van der Waals surface area contributed by atoms with Gasteiger partial charge in [-0.25, -0.2) is 0 Å². The number of nitrogens with one attached hydrogen (secondary N) is 2. The fourth-order valence-electron chi connectivity index (χ4n) is 2.35. The van der Waals surface area contributed by atoms with Crippen LogP contribution in [0.3, 0.4) is 0 Å². The first-order valence-electron chi connectivity index (χ1n) is 7.43. The zero-order valence-electron chi connectivity index (χ0n) is 12.7. The predicted octanol–water partition coefficient (Wildman–Crippen LogP) is 2.69. The van der Waals surface area contributed by atoms with Crippen LogP contribution >= 0.6 is 11.3 Å². The van der Waals surface area contributed by atoms with Gasteiger partial charge in [-0.05, 0) is 29.0 Å². The van der Waals surface area contributed by atoms with Gasteiger partial charge < -0.3 is 15.7 Å². The highest BCUT2D eigenvalue weighted by Crippen LogP contribution is 2.29. The highest BCUT2D eigenvalue weighted by atomic mass is 32.1. The molecule has 0 aliphatic heterocycles. The number of amides is 2. The Morgan fingerprint density at radius 2 is 1.71 bits per heavy atom. The van der Waals surface area contributed by atoms with Crippen molar-refractivity contribution >= 4 is 38.9 Å². The Morgan fingerprint density at radius 1 is 1.00 bits per heavy atom. The third-order valence-electron chi connectivity index (χ3n) is 3.56. The lowest BCUT2D eigenvalue weighted by Gasteiger charge is -2.11. The maximum Gasteiger partial charge on any atom is 0.313 e. The summed E-state index contributed by atoms with van der Waals surface area (Å²) < 4.78 is 1.07. The third kappa shape index (κ3) is 3.61. The van der Waals surface area contributed by atoms with Crippen molar-refractivity contribution < 1.29 is 14.7 Å².